The molecule has 5 heteroatoms. The maximum absolute atomic E-state index is 13.0. The van der Waals surface area contributed by atoms with Gasteiger partial charge in [-0.25, -0.2) is 8.78 Å². The number of hydrogen-bond acceptors (Lipinski definition) is 1. The number of carboxylic acid groups (broad SMARTS) is 1. The van der Waals surface area contributed by atoms with E-state index in [9.17, 15) is 13.6 Å². The maximum atomic E-state index is 13.0. The zero-order valence-corrected chi connectivity index (χ0v) is 8.81. The topological polar surface area (TPSA) is 37.3 Å². The van der Waals surface area contributed by atoms with Crippen LogP contribution >= 0.6 is 15.9 Å². The molecule has 14 heavy (non-hydrogen) atoms. The lowest BCUT2D eigenvalue weighted by Crippen LogP contribution is -2.09. The zero-order valence-electron chi connectivity index (χ0n) is 7.22. The van der Waals surface area contributed by atoms with E-state index in [-0.39, 0.29) is 10.0 Å². The first kappa shape index (κ1) is 11.1. The Bertz CT molecular complexity index is 379. The van der Waals surface area contributed by atoms with Gasteiger partial charge in [-0.05, 0) is 34.5 Å². The fourth-order valence-electron chi connectivity index (χ4n) is 1.01. The van der Waals surface area contributed by atoms with Crippen molar-refractivity contribution in [2.45, 2.75) is 12.8 Å². The van der Waals surface area contributed by atoms with Crippen molar-refractivity contribution < 1.29 is 18.7 Å². The normalized spacial score (nSPS) is 12.6. The van der Waals surface area contributed by atoms with Gasteiger partial charge in [-0.2, -0.15) is 0 Å². The van der Waals surface area contributed by atoms with Crippen LogP contribution in [0.15, 0.2) is 16.6 Å². The second-order valence-corrected chi connectivity index (χ2v) is 3.62. The van der Waals surface area contributed by atoms with Crippen LogP contribution in [-0.2, 0) is 4.79 Å². The van der Waals surface area contributed by atoms with Crippen LogP contribution in [0.25, 0.3) is 0 Å². The molecular weight excluding hydrogens is 258 g/mol. The average Bonchev–Trinajstić information content (AvgIpc) is 2.13. The Balaban J connectivity index is 3.24. The molecule has 0 aromatic heterocycles. The van der Waals surface area contributed by atoms with Crippen LogP contribution in [0.1, 0.15) is 18.4 Å². The van der Waals surface area contributed by atoms with Crippen LogP contribution in [0, 0.1) is 11.6 Å². The highest BCUT2D eigenvalue weighted by atomic mass is 79.9. The molecule has 0 saturated carbocycles. The van der Waals surface area contributed by atoms with Crippen LogP contribution < -0.4 is 0 Å². The Morgan fingerprint density at radius 2 is 2.07 bits per heavy atom. The van der Waals surface area contributed by atoms with Gasteiger partial charge in [0.05, 0.1) is 10.4 Å². The van der Waals surface area contributed by atoms with Gasteiger partial charge in [0.1, 0.15) is 0 Å². The second kappa shape index (κ2) is 4.04. The van der Waals surface area contributed by atoms with Crippen LogP contribution in [0.3, 0.4) is 0 Å². The summed E-state index contributed by atoms with van der Waals surface area (Å²) in [5.41, 5.74) is 0.219. The summed E-state index contributed by atoms with van der Waals surface area (Å²) in [6.45, 7) is 1.40. The minimum Gasteiger partial charge on any atom is -0.481 e. The van der Waals surface area contributed by atoms with E-state index in [1.165, 1.54) is 13.0 Å². The van der Waals surface area contributed by atoms with Gasteiger partial charge >= 0.3 is 5.97 Å². The van der Waals surface area contributed by atoms with Crippen molar-refractivity contribution in [1.29, 1.82) is 0 Å². The number of aliphatic carboxylic acids is 1. The van der Waals surface area contributed by atoms with Gasteiger partial charge in [-0.15, -0.1) is 0 Å². The quantitative estimate of drug-likeness (QED) is 0.835. The Morgan fingerprint density at radius 3 is 2.57 bits per heavy atom. The highest BCUT2D eigenvalue weighted by Gasteiger charge is 2.20. The van der Waals surface area contributed by atoms with Crippen molar-refractivity contribution in [2.24, 2.45) is 0 Å². The van der Waals surface area contributed by atoms with E-state index in [1.54, 1.807) is 0 Å². The van der Waals surface area contributed by atoms with Gasteiger partial charge in [0.2, 0.25) is 0 Å². The van der Waals surface area contributed by atoms with E-state index in [4.69, 9.17) is 5.11 Å². The molecule has 1 rings (SSSR count). The third-order valence-electron chi connectivity index (χ3n) is 1.90. The fraction of sp³-hybridized carbons (Fsp3) is 0.222. The molecule has 0 amide bonds. The molecule has 0 bridgehead atoms. The summed E-state index contributed by atoms with van der Waals surface area (Å²) in [4.78, 5) is 10.6. The van der Waals surface area contributed by atoms with E-state index in [0.29, 0.717) is 0 Å². The van der Waals surface area contributed by atoms with E-state index < -0.39 is 23.5 Å². The van der Waals surface area contributed by atoms with Crippen molar-refractivity contribution in [3.8, 4) is 0 Å². The molecule has 1 aromatic carbocycles. The summed E-state index contributed by atoms with van der Waals surface area (Å²) in [6, 6.07) is 2.16. The van der Waals surface area contributed by atoms with E-state index in [2.05, 4.69) is 15.9 Å². The van der Waals surface area contributed by atoms with Crippen molar-refractivity contribution in [2.75, 3.05) is 0 Å². The molecule has 0 aliphatic carbocycles. The summed E-state index contributed by atoms with van der Waals surface area (Å²) in [5, 5.41) is 8.68. The van der Waals surface area contributed by atoms with Crippen LogP contribution in [0.4, 0.5) is 8.78 Å². The van der Waals surface area contributed by atoms with Crippen LogP contribution in [-0.4, -0.2) is 11.1 Å². The Kier molecular flexibility index (Phi) is 3.21. The van der Waals surface area contributed by atoms with Crippen molar-refractivity contribution >= 4 is 21.9 Å². The number of halogens is 3. The number of carboxylic acids is 1. The molecule has 0 fully saturated rings. The Hall–Kier alpha value is -0.970. The summed E-state index contributed by atoms with van der Waals surface area (Å²) in [5.74, 6) is -4.02. The average molecular weight is 265 g/mol. The smallest absolute Gasteiger partial charge is 0.310 e. The second-order valence-electron chi connectivity index (χ2n) is 2.82. The first-order valence-corrected chi connectivity index (χ1v) is 4.60. The Morgan fingerprint density at radius 1 is 1.50 bits per heavy atom. The standard InChI is InChI=1S/C9H7BrF2O2/c1-4(9(13)14)5-2-3-6(11)8(12)7(5)10/h2-4H,1H3,(H,13,14). The van der Waals surface area contributed by atoms with Gasteiger partial charge in [0.25, 0.3) is 0 Å². The predicted octanol–water partition coefficient (Wildman–Crippen LogP) is 2.92. The maximum Gasteiger partial charge on any atom is 0.310 e. The number of hydrogen-bond donors (Lipinski definition) is 1. The third kappa shape index (κ3) is 1.92. The van der Waals surface area contributed by atoms with E-state index >= 15 is 0 Å². The van der Waals surface area contributed by atoms with E-state index in [1.807, 2.05) is 0 Å². The molecule has 1 aromatic rings. The van der Waals surface area contributed by atoms with Gasteiger partial charge in [-0.1, -0.05) is 6.07 Å². The number of rotatable bonds is 2. The van der Waals surface area contributed by atoms with Crippen molar-refractivity contribution in [1.82, 2.24) is 0 Å². The lowest BCUT2D eigenvalue weighted by atomic mass is 10.0. The largest absolute Gasteiger partial charge is 0.481 e. The lowest BCUT2D eigenvalue weighted by molar-refractivity contribution is -0.138. The molecule has 0 radical (unpaired) electrons. The molecule has 1 atom stereocenters. The van der Waals surface area contributed by atoms with Gasteiger partial charge < -0.3 is 5.11 Å². The van der Waals surface area contributed by atoms with Crippen molar-refractivity contribution in [3.05, 3.63) is 33.8 Å². The lowest BCUT2D eigenvalue weighted by Gasteiger charge is -2.09. The molecule has 76 valence electrons. The third-order valence-corrected chi connectivity index (χ3v) is 2.71. The molecule has 0 saturated heterocycles. The molecule has 0 aliphatic rings. The molecular formula is C9H7BrF2O2. The predicted molar refractivity (Wildman–Crippen MR) is 50.1 cm³/mol. The summed E-state index contributed by atoms with van der Waals surface area (Å²) < 4.78 is 25.5. The Labute approximate surface area is 87.7 Å². The van der Waals surface area contributed by atoms with Crippen LogP contribution in [0.2, 0.25) is 0 Å². The first-order chi connectivity index (χ1) is 6.45. The molecule has 1 N–H and O–H groups in total. The molecule has 2 nitrogen and oxygen atoms in total. The van der Waals surface area contributed by atoms with Gasteiger partial charge in [0.15, 0.2) is 11.6 Å². The van der Waals surface area contributed by atoms with Crippen molar-refractivity contribution in [3.63, 3.8) is 0 Å². The minimum absolute atomic E-state index is 0.132. The molecule has 0 heterocycles. The zero-order chi connectivity index (χ0) is 10.9. The van der Waals surface area contributed by atoms with E-state index in [0.717, 1.165) is 6.07 Å². The summed E-state index contributed by atoms with van der Waals surface area (Å²) >= 11 is 2.82. The van der Waals surface area contributed by atoms with Gasteiger partial charge in [0, 0.05) is 0 Å². The first-order valence-electron chi connectivity index (χ1n) is 3.81. The monoisotopic (exact) mass is 264 g/mol. The van der Waals surface area contributed by atoms with Gasteiger partial charge in [-0.3, -0.25) is 4.79 Å². The minimum atomic E-state index is -1.09. The highest BCUT2D eigenvalue weighted by Crippen LogP contribution is 2.28. The summed E-state index contributed by atoms with van der Waals surface area (Å²) in [7, 11) is 0. The number of benzene rings is 1. The SMILES string of the molecule is CC(C(=O)O)c1ccc(F)c(F)c1Br. The van der Waals surface area contributed by atoms with Crippen LogP contribution in [0.5, 0.6) is 0 Å². The highest BCUT2D eigenvalue weighted by molar-refractivity contribution is 9.10. The molecule has 1 unspecified atom stereocenters. The number of carbonyl (C=O) groups is 1. The summed E-state index contributed by atoms with van der Waals surface area (Å²) in [6.07, 6.45) is 0. The fourth-order valence-corrected chi connectivity index (χ4v) is 1.67. The molecule has 0 spiro atoms. The molecule has 0 aliphatic heterocycles.